The fourth-order valence-electron chi connectivity index (χ4n) is 2.78. The molecule has 0 spiro atoms. The highest BCUT2D eigenvalue weighted by Crippen LogP contribution is 2.46. The molecule has 1 fully saturated rings. The highest BCUT2D eigenvalue weighted by Gasteiger charge is 2.42. The quantitative estimate of drug-likeness (QED) is 0.824. The fourth-order valence-corrected chi connectivity index (χ4v) is 3.18. The van der Waals surface area contributed by atoms with Crippen LogP contribution < -0.4 is 5.32 Å². The summed E-state index contributed by atoms with van der Waals surface area (Å²) in [6, 6.07) is 0. The van der Waals surface area contributed by atoms with Gasteiger partial charge >= 0.3 is 6.18 Å². The van der Waals surface area contributed by atoms with Gasteiger partial charge in [-0.3, -0.25) is 14.2 Å². The SMILES string of the molecule is CCn1cc(CNC(=O)Cn2nc(C(F)(F)F)c(Cl)c2C2CC2)c(C)n1. The van der Waals surface area contributed by atoms with Crippen LogP contribution in [0.15, 0.2) is 6.20 Å². The van der Waals surface area contributed by atoms with E-state index in [0.29, 0.717) is 12.2 Å². The lowest BCUT2D eigenvalue weighted by atomic mass is 10.2. The molecule has 26 heavy (non-hydrogen) atoms. The first-order valence-corrected chi connectivity index (χ1v) is 8.71. The Kier molecular flexibility index (Phi) is 5.01. The summed E-state index contributed by atoms with van der Waals surface area (Å²) in [7, 11) is 0. The summed E-state index contributed by atoms with van der Waals surface area (Å²) in [6.45, 7) is 4.45. The number of aryl methyl sites for hydroxylation is 2. The van der Waals surface area contributed by atoms with Crippen molar-refractivity contribution in [3.8, 4) is 0 Å². The van der Waals surface area contributed by atoms with Crippen molar-refractivity contribution in [2.75, 3.05) is 0 Å². The van der Waals surface area contributed by atoms with Crippen molar-refractivity contribution in [1.29, 1.82) is 0 Å². The monoisotopic (exact) mass is 389 g/mol. The van der Waals surface area contributed by atoms with Gasteiger partial charge in [0.25, 0.3) is 0 Å². The molecule has 1 aliphatic carbocycles. The molecule has 1 amide bonds. The van der Waals surface area contributed by atoms with E-state index in [2.05, 4.69) is 15.5 Å². The Morgan fingerprint density at radius 1 is 1.38 bits per heavy atom. The van der Waals surface area contributed by atoms with Gasteiger partial charge in [0.1, 0.15) is 6.54 Å². The van der Waals surface area contributed by atoms with Gasteiger partial charge < -0.3 is 5.32 Å². The van der Waals surface area contributed by atoms with Gasteiger partial charge in [0, 0.05) is 30.8 Å². The topological polar surface area (TPSA) is 64.7 Å². The summed E-state index contributed by atoms with van der Waals surface area (Å²) in [6.07, 6.45) is -1.31. The number of alkyl halides is 3. The van der Waals surface area contributed by atoms with E-state index in [-0.39, 0.29) is 19.0 Å². The average molecular weight is 390 g/mol. The third kappa shape index (κ3) is 3.87. The zero-order valence-electron chi connectivity index (χ0n) is 14.4. The van der Waals surface area contributed by atoms with Crippen molar-refractivity contribution in [1.82, 2.24) is 24.9 Å². The van der Waals surface area contributed by atoms with Crippen LogP contribution in [0.1, 0.15) is 48.3 Å². The van der Waals surface area contributed by atoms with Crippen LogP contribution in [0.25, 0.3) is 0 Å². The van der Waals surface area contributed by atoms with Gasteiger partial charge in [0.05, 0.1) is 16.4 Å². The first kappa shape index (κ1) is 18.8. The van der Waals surface area contributed by atoms with Crippen LogP contribution in [-0.4, -0.2) is 25.5 Å². The highest BCUT2D eigenvalue weighted by atomic mass is 35.5. The van der Waals surface area contributed by atoms with Gasteiger partial charge in [-0.05, 0) is 26.7 Å². The zero-order chi connectivity index (χ0) is 19.1. The minimum Gasteiger partial charge on any atom is -0.350 e. The molecule has 10 heteroatoms. The lowest BCUT2D eigenvalue weighted by molar-refractivity contribution is -0.141. The van der Waals surface area contributed by atoms with E-state index in [9.17, 15) is 18.0 Å². The van der Waals surface area contributed by atoms with E-state index < -0.39 is 22.8 Å². The third-order valence-corrected chi connectivity index (χ3v) is 4.68. The van der Waals surface area contributed by atoms with Gasteiger partial charge in [0.15, 0.2) is 5.69 Å². The maximum Gasteiger partial charge on any atom is 0.436 e. The second-order valence-electron chi connectivity index (χ2n) is 6.35. The molecule has 0 bridgehead atoms. The van der Waals surface area contributed by atoms with Crippen LogP contribution in [0.5, 0.6) is 0 Å². The number of hydrogen-bond donors (Lipinski definition) is 1. The van der Waals surface area contributed by atoms with E-state index in [4.69, 9.17) is 11.6 Å². The number of nitrogens with one attached hydrogen (secondary N) is 1. The van der Waals surface area contributed by atoms with E-state index >= 15 is 0 Å². The van der Waals surface area contributed by atoms with Crippen molar-refractivity contribution in [2.24, 2.45) is 0 Å². The highest BCUT2D eigenvalue weighted by molar-refractivity contribution is 6.32. The lowest BCUT2D eigenvalue weighted by Crippen LogP contribution is -2.28. The molecule has 0 aliphatic heterocycles. The molecule has 2 heterocycles. The minimum atomic E-state index is -4.64. The van der Waals surface area contributed by atoms with Crippen molar-refractivity contribution in [3.63, 3.8) is 0 Å². The van der Waals surface area contributed by atoms with Crippen LogP contribution in [0, 0.1) is 6.92 Å². The van der Waals surface area contributed by atoms with Crippen LogP contribution in [0.4, 0.5) is 13.2 Å². The molecule has 3 rings (SSSR count). The number of hydrogen-bond acceptors (Lipinski definition) is 3. The summed E-state index contributed by atoms with van der Waals surface area (Å²) in [5.41, 5.74) is 0.822. The standard InChI is InChI=1S/C16H19ClF3N5O/c1-3-24-7-11(9(2)22-24)6-21-12(26)8-25-14(10-4-5-10)13(17)15(23-25)16(18,19)20/h7,10H,3-6,8H2,1-2H3,(H,21,26). The molecule has 0 unspecified atom stereocenters. The van der Waals surface area contributed by atoms with Crippen molar-refractivity contribution in [2.45, 2.75) is 58.4 Å². The molecule has 0 atom stereocenters. The van der Waals surface area contributed by atoms with Gasteiger partial charge in [-0.1, -0.05) is 11.6 Å². The molecule has 6 nitrogen and oxygen atoms in total. The summed E-state index contributed by atoms with van der Waals surface area (Å²) in [5, 5.41) is 10.1. The molecule has 0 radical (unpaired) electrons. The molecule has 0 saturated heterocycles. The minimum absolute atomic E-state index is 0.0658. The molecule has 1 saturated carbocycles. The third-order valence-electron chi connectivity index (χ3n) is 4.31. The number of halogens is 4. The molecule has 142 valence electrons. The van der Waals surface area contributed by atoms with Crippen LogP contribution >= 0.6 is 11.6 Å². The van der Waals surface area contributed by atoms with Gasteiger partial charge in [-0.15, -0.1) is 0 Å². The average Bonchev–Trinajstić information content (AvgIpc) is 3.24. The van der Waals surface area contributed by atoms with E-state index in [1.807, 2.05) is 20.0 Å². The first-order valence-electron chi connectivity index (χ1n) is 8.33. The predicted molar refractivity (Wildman–Crippen MR) is 88.7 cm³/mol. The smallest absolute Gasteiger partial charge is 0.350 e. The van der Waals surface area contributed by atoms with Gasteiger partial charge in [-0.25, -0.2) is 0 Å². The zero-order valence-corrected chi connectivity index (χ0v) is 15.2. The Morgan fingerprint density at radius 3 is 2.62 bits per heavy atom. The van der Waals surface area contributed by atoms with E-state index in [1.165, 1.54) is 0 Å². The normalized spacial score (nSPS) is 14.7. The Labute approximate surface area is 153 Å². The number of aromatic nitrogens is 4. The number of carbonyl (C=O) groups is 1. The van der Waals surface area contributed by atoms with Crippen LogP contribution in [-0.2, 0) is 30.6 Å². The predicted octanol–water partition coefficient (Wildman–Crippen LogP) is 3.27. The van der Waals surface area contributed by atoms with Crippen molar-refractivity contribution in [3.05, 3.63) is 33.9 Å². The second-order valence-corrected chi connectivity index (χ2v) is 6.73. The van der Waals surface area contributed by atoms with Crippen LogP contribution in [0.3, 0.4) is 0 Å². The number of amides is 1. The lowest BCUT2D eigenvalue weighted by Gasteiger charge is -2.08. The van der Waals surface area contributed by atoms with Crippen molar-refractivity contribution >= 4 is 17.5 Å². The maximum atomic E-state index is 13.0. The number of nitrogens with zero attached hydrogens (tertiary/aromatic N) is 4. The molecule has 1 aliphatic rings. The molecule has 2 aromatic rings. The van der Waals surface area contributed by atoms with E-state index in [1.54, 1.807) is 4.68 Å². The summed E-state index contributed by atoms with van der Waals surface area (Å²) >= 11 is 5.90. The molecular weight excluding hydrogens is 371 g/mol. The van der Waals surface area contributed by atoms with Crippen molar-refractivity contribution < 1.29 is 18.0 Å². The molecule has 2 aromatic heterocycles. The number of rotatable bonds is 6. The van der Waals surface area contributed by atoms with Gasteiger partial charge in [0.2, 0.25) is 5.91 Å². The van der Waals surface area contributed by atoms with E-state index in [0.717, 1.165) is 28.8 Å². The number of carbonyl (C=O) groups excluding carboxylic acids is 1. The molecule has 1 N–H and O–H groups in total. The Morgan fingerprint density at radius 2 is 2.08 bits per heavy atom. The molecule has 0 aromatic carbocycles. The second kappa shape index (κ2) is 6.94. The Balaban J connectivity index is 1.72. The molecular formula is C16H19ClF3N5O. The fraction of sp³-hybridized carbons (Fsp3) is 0.562. The maximum absolute atomic E-state index is 13.0. The summed E-state index contributed by atoms with van der Waals surface area (Å²) in [5.74, 6) is -0.493. The summed E-state index contributed by atoms with van der Waals surface area (Å²) < 4.78 is 42.0. The van der Waals surface area contributed by atoms with Crippen LogP contribution in [0.2, 0.25) is 5.02 Å². The van der Waals surface area contributed by atoms with Gasteiger partial charge in [-0.2, -0.15) is 23.4 Å². The first-order chi connectivity index (χ1) is 12.2. The summed E-state index contributed by atoms with van der Waals surface area (Å²) in [4.78, 5) is 12.2. The largest absolute Gasteiger partial charge is 0.436 e. The Hall–Kier alpha value is -2.03. The Bertz CT molecular complexity index is 823.